The van der Waals surface area contributed by atoms with E-state index in [0.717, 1.165) is 6.42 Å². The van der Waals surface area contributed by atoms with E-state index in [1.165, 1.54) is 22.8 Å². The van der Waals surface area contributed by atoms with Gasteiger partial charge in [-0.2, -0.15) is 0 Å². The van der Waals surface area contributed by atoms with Gasteiger partial charge in [-0.3, -0.25) is 24.3 Å². The molecule has 2 rings (SSSR count). The molecule has 0 spiro atoms. The molecule has 1 aromatic carbocycles. The smallest absolute Gasteiger partial charge is 0.419 e. The molecular formula is C16H19N3O7. The van der Waals surface area contributed by atoms with Gasteiger partial charge in [0.25, 0.3) is 11.6 Å². The summed E-state index contributed by atoms with van der Waals surface area (Å²) < 4.78 is 11.1. The number of nitrogens with one attached hydrogen (secondary N) is 1. The van der Waals surface area contributed by atoms with E-state index in [1.54, 1.807) is 0 Å². The molecular weight excluding hydrogens is 346 g/mol. The van der Waals surface area contributed by atoms with E-state index in [2.05, 4.69) is 5.32 Å². The van der Waals surface area contributed by atoms with E-state index >= 15 is 0 Å². The Morgan fingerprint density at radius 2 is 2.15 bits per heavy atom. The highest BCUT2D eigenvalue weighted by Crippen LogP contribution is 2.20. The Kier molecular flexibility index (Phi) is 6.48. The Balaban J connectivity index is 1.88. The zero-order valence-corrected chi connectivity index (χ0v) is 14.2. The largest absolute Gasteiger partial charge is 0.456 e. The molecule has 1 amide bonds. The molecule has 0 saturated carbocycles. The monoisotopic (exact) mass is 365 g/mol. The number of ether oxygens (including phenoxy) is 1. The second-order valence-electron chi connectivity index (χ2n) is 5.54. The fourth-order valence-electron chi connectivity index (χ4n) is 2.30. The molecule has 0 radical (unpaired) electrons. The van der Waals surface area contributed by atoms with Gasteiger partial charge in [0, 0.05) is 25.6 Å². The topological polar surface area (TPSA) is 134 Å². The molecule has 0 aliphatic heterocycles. The maximum absolute atomic E-state index is 11.9. The number of hydrogen-bond acceptors (Lipinski definition) is 7. The summed E-state index contributed by atoms with van der Waals surface area (Å²) in [5.41, 5.74) is 0.343. The summed E-state index contributed by atoms with van der Waals surface area (Å²) in [7, 11) is 0. The maximum Gasteiger partial charge on any atom is 0.419 e. The molecule has 1 N–H and O–H groups in total. The molecule has 1 aromatic heterocycles. The third-order valence-corrected chi connectivity index (χ3v) is 3.56. The first kappa shape index (κ1) is 19.2. The normalized spacial score (nSPS) is 10.7. The van der Waals surface area contributed by atoms with Crippen LogP contribution < -0.4 is 11.1 Å². The molecule has 0 bridgehead atoms. The minimum atomic E-state index is -0.659. The predicted molar refractivity (Wildman–Crippen MR) is 90.6 cm³/mol. The van der Waals surface area contributed by atoms with Crippen molar-refractivity contribution in [3.8, 4) is 0 Å². The molecule has 0 aliphatic rings. The van der Waals surface area contributed by atoms with Crippen LogP contribution in [0.4, 0.5) is 5.69 Å². The van der Waals surface area contributed by atoms with E-state index in [-0.39, 0.29) is 36.8 Å². The van der Waals surface area contributed by atoms with Crippen LogP contribution in [0, 0.1) is 10.1 Å². The van der Waals surface area contributed by atoms with Gasteiger partial charge in [-0.05, 0) is 18.9 Å². The number of carbonyl (C=O) groups excluding carboxylic acids is 2. The fourth-order valence-corrected chi connectivity index (χ4v) is 2.30. The molecule has 1 heterocycles. The average Bonchev–Trinajstić information content (AvgIpc) is 2.92. The Hall–Kier alpha value is -3.17. The fraction of sp³-hybridized carbons (Fsp3) is 0.438. The molecule has 10 heteroatoms. The lowest BCUT2D eigenvalue weighted by Crippen LogP contribution is -2.29. The lowest BCUT2D eigenvalue weighted by molar-refractivity contribution is -0.384. The molecule has 0 atom stereocenters. The van der Waals surface area contributed by atoms with Crippen LogP contribution in [0.15, 0.2) is 27.4 Å². The number of non-ortho nitro benzene ring substituents is 1. The lowest BCUT2D eigenvalue weighted by atomic mass is 10.2. The van der Waals surface area contributed by atoms with Crippen molar-refractivity contribution in [3.05, 3.63) is 38.9 Å². The number of nitro benzene ring substituents is 1. The molecule has 10 nitrogen and oxygen atoms in total. The van der Waals surface area contributed by atoms with E-state index in [9.17, 15) is 24.5 Å². The zero-order valence-electron chi connectivity index (χ0n) is 14.2. The molecule has 0 aliphatic carbocycles. The summed E-state index contributed by atoms with van der Waals surface area (Å²) in [5, 5.41) is 13.3. The Morgan fingerprint density at radius 1 is 1.38 bits per heavy atom. The van der Waals surface area contributed by atoms with Gasteiger partial charge in [0.2, 0.25) is 0 Å². The third-order valence-electron chi connectivity index (χ3n) is 3.56. The zero-order chi connectivity index (χ0) is 19.1. The first-order valence-corrected chi connectivity index (χ1v) is 8.12. The minimum absolute atomic E-state index is 0.0210. The van der Waals surface area contributed by atoms with Crippen LogP contribution in [0.25, 0.3) is 11.1 Å². The van der Waals surface area contributed by atoms with Crippen molar-refractivity contribution in [2.75, 3.05) is 13.2 Å². The second-order valence-corrected chi connectivity index (χ2v) is 5.54. The number of nitro groups is 1. The van der Waals surface area contributed by atoms with Gasteiger partial charge in [0.1, 0.15) is 0 Å². The van der Waals surface area contributed by atoms with Gasteiger partial charge < -0.3 is 14.5 Å². The van der Waals surface area contributed by atoms with Crippen LogP contribution in [0.5, 0.6) is 0 Å². The molecule has 0 unspecified atom stereocenters. The number of hydrogen-bond donors (Lipinski definition) is 1. The van der Waals surface area contributed by atoms with E-state index in [1.807, 2.05) is 6.92 Å². The summed E-state index contributed by atoms with van der Waals surface area (Å²) in [5.74, 6) is -1.57. The van der Waals surface area contributed by atoms with Crippen molar-refractivity contribution in [3.63, 3.8) is 0 Å². The van der Waals surface area contributed by atoms with Gasteiger partial charge in [0.05, 0.1) is 16.5 Å². The van der Waals surface area contributed by atoms with Crippen LogP contribution in [-0.2, 0) is 20.9 Å². The Morgan fingerprint density at radius 3 is 2.85 bits per heavy atom. The molecule has 26 heavy (non-hydrogen) atoms. The third kappa shape index (κ3) is 4.91. The van der Waals surface area contributed by atoms with E-state index in [0.29, 0.717) is 18.5 Å². The van der Waals surface area contributed by atoms with Crippen molar-refractivity contribution in [2.24, 2.45) is 0 Å². The number of amides is 1. The summed E-state index contributed by atoms with van der Waals surface area (Å²) in [6.07, 6.45) is 1.10. The number of carbonyl (C=O) groups is 2. The number of aryl methyl sites for hydroxylation is 1. The molecule has 0 fully saturated rings. The summed E-state index contributed by atoms with van der Waals surface area (Å²) in [4.78, 5) is 45.0. The minimum Gasteiger partial charge on any atom is -0.456 e. The summed E-state index contributed by atoms with van der Waals surface area (Å²) in [6, 6.07) is 3.88. The quantitative estimate of drug-likeness (QED) is 0.403. The van der Waals surface area contributed by atoms with Crippen LogP contribution in [0.2, 0.25) is 0 Å². The number of benzene rings is 1. The van der Waals surface area contributed by atoms with E-state index < -0.39 is 16.6 Å². The van der Waals surface area contributed by atoms with Gasteiger partial charge in [-0.1, -0.05) is 6.92 Å². The maximum atomic E-state index is 11.9. The Bertz CT molecular complexity index is 868. The highest BCUT2D eigenvalue weighted by atomic mass is 16.6. The highest BCUT2D eigenvalue weighted by molar-refractivity contribution is 5.80. The Labute approximate surface area is 147 Å². The second kappa shape index (κ2) is 8.79. The van der Waals surface area contributed by atoms with Crippen LogP contribution in [0.1, 0.15) is 26.2 Å². The van der Waals surface area contributed by atoms with Gasteiger partial charge in [0.15, 0.2) is 12.2 Å². The van der Waals surface area contributed by atoms with Gasteiger partial charge in [-0.15, -0.1) is 0 Å². The van der Waals surface area contributed by atoms with Crippen molar-refractivity contribution in [1.82, 2.24) is 9.88 Å². The first-order chi connectivity index (χ1) is 12.4. The molecule has 0 saturated heterocycles. The van der Waals surface area contributed by atoms with Crippen LogP contribution in [0.3, 0.4) is 0 Å². The molecule has 2 aromatic rings. The highest BCUT2D eigenvalue weighted by Gasteiger charge is 2.14. The number of aromatic nitrogens is 1. The number of nitrogens with zero attached hydrogens (tertiary/aromatic N) is 2. The van der Waals surface area contributed by atoms with E-state index in [4.69, 9.17) is 9.15 Å². The lowest BCUT2D eigenvalue weighted by Gasteiger charge is -2.06. The summed E-state index contributed by atoms with van der Waals surface area (Å²) >= 11 is 0. The summed E-state index contributed by atoms with van der Waals surface area (Å²) in [6.45, 7) is 2.27. The predicted octanol–water partition coefficient (Wildman–Crippen LogP) is 1.35. The van der Waals surface area contributed by atoms with Gasteiger partial charge in [-0.25, -0.2) is 4.79 Å². The average molecular weight is 365 g/mol. The van der Waals surface area contributed by atoms with Crippen molar-refractivity contribution < 1.29 is 23.7 Å². The number of esters is 1. The standard InChI is InChI=1S/C16H19N3O7/c1-2-7-17-14(20)10-25-15(21)4-3-8-18-12-6-5-11(19(23)24)9-13(12)26-16(18)22/h5-6,9H,2-4,7-8,10H2,1H3,(H,17,20). The SMILES string of the molecule is CCCNC(=O)COC(=O)CCCn1c(=O)oc2cc([N+](=O)[O-])ccc21. The number of rotatable bonds is 9. The van der Waals surface area contributed by atoms with Crippen molar-refractivity contribution in [1.29, 1.82) is 0 Å². The van der Waals surface area contributed by atoms with Crippen LogP contribution in [-0.4, -0.2) is 34.5 Å². The molecule has 140 valence electrons. The van der Waals surface area contributed by atoms with Crippen molar-refractivity contribution >= 4 is 28.7 Å². The van der Waals surface area contributed by atoms with Crippen molar-refractivity contribution in [2.45, 2.75) is 32.7 Å². The first-order valence-electron chi connectivity index (χ1n) is 8.12. The van der Waals surface area contributed by atoms with Gasteiger partial charge >= 0.3 is 11.7 Å². The number of fused-ring (bicyclic) bond motifs is 1. The van der Waals surface area contributed by atoms with Crippen LogP contribution >= 0.6 is 0 Å². The number of oxazole rings is 1.